The van der Waals surface area contributed by atoms with E-state index in [1.807, 2.05) is 47.4 Å². The van der Waals surface area contributed by atoms with Gasteiger partial charge in [-0.15, -0.1) is 0 Å². The lowest BCUT2D eigenvalue weighted by molar-refractivity contribution is 0.564. The number of para-hydroxylation sites is 1. The van der Waals surface area contributed by atoms with Crippen LogP contribution in [0.1, 0.15) is 18.1 Å². The highest BCUT2D eigenvalue weighted by Crippen LogP contribution is 2.29. The zero-order valence-electron chi connectivity index (χ0n) is 11.7. The summed E-state index contributed by atoms with van der Waals surface area (Å²) in [6.45, 7) is 4.15. The third-order valence-electron chi connectivity index (χ3n) is 3.21. The summed E-state index contributed by atoms with van der Waals surface area (Å²) >= 11 is -1.89. The van der Waals surface area contributed by atoms with Gasteiger partial charge >= 0.3 is 0 Å². The first-order valence-electron chi connectivity index (χ1n) is 6.61. The Balaban J connectivity index is 2.49. The highest BCUT2D eigenvalue weighted by molar-refractivity contribution is 7.79. The molecule has 0 aromatic heterocycles. The molecule has 0 saturated heterocycles. The molecule has 0 radical (unpaired) electrons. The quantitative estimate of drug-likeness (QED) is 0.849. The van der Waals surface area contributed by atoms with Crippen LogP contribution in [0.25, 0.3) is 0 Å². The number of benzene rings is 2. The van der Waals surface area contributed by atoms with Crippen molar-refractivity contribution in [3.05, 3.63) is 59.7 Å². The number of hydrogen-bond donors (Lipinski definition) is 1. The second-order valence-electron chi connectivity index (χ2n) is 4.70. The molecule has 4 heteroatoms. The molecule has 0 aliphatic carbocycles. The van der Waals surface area contributed by atoms with E-state index in [1.54, 1.807) is 0 Å². The average Bonchev–Trinajstić information content (AvgIpc) is 2.45. The average molecular weight is 289 g/mol. The first kappa shape index (κ1) is 14.8. The molecular formula is C16H19NO2S. The number of hydrogen-bond acceptors (Lipinski definition) is 2. The van der Waals surface area contributed by atoms with Crippen LogP contribution in [0.4, 0.5) is 11.4 Å². The van der Waals surface area contributed by atoms with Crippen LogP contribution in [0.15, 0.2) is 48.5 Å². The van der Waals surface area contributed by atoms with Gasteiger partial charge in [0.1, 0.15) is 5.88 Å². The molecule has 0 spiro atoms. The monoisotopic (exact) mass is 289 g/mol. The smallest absolute Gasteiger partial charge is 0.173 e. The van der Waals surface area contributed by atoms with E-state index in [1.165, 1.54) is 11.1 Å². The number of anilines is 2. The van der Waals surface area contributed by atoms with Crippen molar-refractivity contribution in [3.8, 4) is 0 Å². The second-order valence-corrected chi connectivity index (χ2v) is 5.60. The molecule has 0 heterocycles. The van der Waals surface area contributed by atoms with Gasteiger partial charge in [-0.25, -0.2) is 4.21 Å². The van der Waals surface area contributed by atoms with Gasteiger partial charge in [0.2, 0.25) is 0 Å². The van der Waals surface area contributed by atoms with Crippen molar-refractivity contribution in [1.29, 1.82) is 0 Å². The summed E-state index contributed by atoms with van der Waals surface area (Å²) in [6.07, 6.45) is 0.887. The van der Waals surface area contributed by atoms with Crippen LogP contribution in [0.3, 0.4) is 0 Å². The van der Waals surface area contributed by atoms with Crippen LogP contribution in [-0.4, -0.2) is 14.6 Å². The molecule has 1 N–H and O–H groups in total. The van der Waals surface area contributed by atoms with E-state index in [0.717, 1.165) is 17.8 Å². The standard InChI is InChI=1S/C16H19NO2S/c1-3-14-11-13(2)9-10-16(14)17(12-20(18)19)15-7-5-4-6-8-15/h4-11H,3,12H2,1-2H3,(H,18,19). The van der Waals surface area contributed by atoms with Crippen LogP contribution in [0, 0.1) is 6.92 Å². The Morgan fingerprint density at radius 2 is 1.85 bits per heavy atom. The fraction of sp³-hybridized carbons (Fsp3) is 0.250. The van der Waals surface area contributed by atoms with Gasteiger partial charge in [0.25, 0.3) is 0 Å². The first-order chi connectivity index (χ1) is 9.61. The van der Waals surface area contributed by atoms with E-state index < -0.39 is 11.1 Å². The van der Waals surface area contributed by atoms with Crippen molar-refractivity contribution in [3.63, 3.8) is 0 Å². The van der Waals surface area contributed by atoms with Gasteiger partial charge in [0, 0.05) is 11.4 Å². The maximum Gasteiger partial charge on any atom is 0.173 e. The van der Waals surface area contributed by atoms with E-state index in [2.05, 4.69) is 19.9 Å². The van der Waals surface area contributed by atoms with Gasteiger partial charge in [-0.05, 0) is 37.1 Å². The second kappa shape index (κ2) is 6.68. The van der Waals surface area contributed by atoms with Crippen LogP contribution < -0.4 is 4.90 Å². The van der Waals surface area contributed by atoms with E-state index in [0.29, 0.717) is 0 Å². The Hall–Kier alpha value is -1.65. The Morgan fingerprint density at radius 3 is 2.45 bits per heavy atom. The molecule has 2 aromatic rings. The Bertz CT molecular complexity index is 599. The van der Waals surface area contributed by atoms with Crippen molar-refractivity contribution in [2.45, 2.75) is 20.3 Å². The largest absolute Gasteiger partial charge is 0.326 e. The molecule has 1 atom stereocenters. The van der Waals surface area contributed by atoms with Crippen molar-refractivity contribution in [2.75, 3.05) is 10.8 Å². The SMILES string of the molecule is CCc1cc(C)ccc1N(CS(=O)O)c1ccccc1. The van der Waals surface area contributed by atoms with Gasteiger partial charge in [-0.1, -0.05) is 42.8 Å². The van der Waals surface area contributed by atoms with Gasteiger partial charge in [0.15, 0.2) is 11.1 Å². The summed E-state index contributed by atoms with van der Waals surface area (Å²) in [7, 11) is 0. The lowest BCUT2D eigenvalue weighted by Gasteiger charge is -2.26. The normalized spacial score (nSPS) is 12.2. The number of aryl methyl sites for hydroxylation is 2. The summed E-state index contributed by atoms with van der Waals surface area (Å²) in [5.41, 5.74) is 4.29. The van der Waals surface area contributed by atoms with Crippen molar-refractivity contribution < 1.29 is 8.76 Å². The van der Waals surface area contributed by atoms with E-state index in [-0.39, 0.29) is 5.88 Å². The molecule has 0 fully saturated rings. The molecule has 1 unspecified atom stereocenters. The van der Waals surface area contributed by atoms with Crippen LogP contribution in [0.2, 0.25) is 0 Å². The summed E-state index contributed by atoms with van der Waals surface area (Å²) < 4.78 is 20.6. The molecule has 106 valence electrons. The third-order valence-corrected chi connectivity index (χ3v) is 3.69. The maximum atomic E-state index is 11.3. The molecule has 0 aliphatic rings. The maximum absolute atomic E-state index is 11.3. The van der Waals surface area contributed by atoms with E-state index in [9.17, 15) is 8.76 Å². The zero-order chi connectivity index (χ0) is 14.5. The minimum absolute atomic E-state index is 0.0695. The fourth-order valence-electron chi connectivity index (χ4n) is 2.26. The van der Waals surface area contributed by atoms with Gasteiger partial charge in [-0.2, -0.15) is 0 Å². The Morgan fingerprint density at radius 1 is 1.15 bits per heavy atom. The van der Waals surface area contributed by atoms with Crippen LogP contribution in [0.5, 0.6) is 0 Å². The van der Waals surface area contributed by atoms with Crippen molar-refractivity contribution in [1.82, 2.24) is 0 Å². The summed E-state index contributed by atoms with van der Waals surface area (Å²) in [5.74, 6) is 0.0695. The predicted octanol–water partition coefficient (Wildman–Crippen LogP) is 3.87. The van der Waals surface area contributed by atoms with E-state index >= 15 is 0 Å². The molecule has 0 saturated carbocycles. The molecule has 0 amide bonds. The summed E-state index contributed by atoms with van der Waals surface area (Å²) in [4.78, 5) is 1.90. The van der Waals surface area contributed by atoms with Gasteiger partial charge in [0.05, 0.1) is 0 Å². The molecular weight excluding hydrogens is 270 g/mol. The van der Waals surface area contributed by atoms with Gasteiger partial charge in [-0.3, -0.25) is 0 Å². The first-order valence-corrected chi connectivity index (χ1v) is 7.89. The molecule has 20 heavy (non-hydrogen) atoms. The molecule has 2 aromatic carbocycles. The summed E-state index contributed by atoms with van der Waals surface area (Å²) in [6, 6.07) is 15.9. The molecule has 2 rings (SSSR count). The minimum Gasteiger partial charge on any atom is -0.326 e. The number of rotatable bonds is 5. The lowest BCUT2D eigenvalue weighted by Crippen LogP contribution is -2.22. The van der Waals surface area contributed by atoms with Crippen molar-refractivity contribution >= 4 is 22.5 Å². The number of nitrogens with zero attached hydrogens (tertiary/aromatic N) is 1. The lowest BCUT2D eigenvalue weighted by atomic mass is 10.1. The summed E-state index contributed by atoms with van der Waals surface area (Å²) in [5, 5.41) is 0. The molecule has 3 nitrogen and oxygen atoms in total. The Kier molecular flexibility index (Phi) is 4.93. The highest BCUT2D eigenvalue weighted by atomic mass is 32.2. The van der Waals surface area contributed by atoms with E-state index in [4.69, 9.17) is 0 Å². The van der Waals surface area contributed by atoms with Crippen LogP contribution >= 0.6 is 0 Å². The molecule has 0 aliphatic heterocycles. The predicted molar refractivity (Wildman–Crippen MR) is 84.8 cm³/mol. The topological polar surface area (TPSA) is 40.5 Å². The van der Waals surface area contributed by atoms with Gasteiger partial charge < -0.3 is 9.45 Å². The molecule has 0 bridgehead atoms. The van der Waals surface area contributed by atoms with Crippen molar-refractivity contribution in [2.24, 2.45) is 0 Å². The zero-order valence-corrected chi connectivity index (χ0v) is 12.6. The minimum atomic E-state index is -1.89. The fourth-order valence-corrected chi connectivity index (χ4v) is 2.77. The van der Waals surface area contributed by atoms with Crippen LogP contribution in [-0.2, 0) is 17.5 Å². The highest BCUT2D eigenvalue weighted by Gasteiger charge is 2.14. The Labute approximate surface area is 122 Å². The third kappa shape index (κ3) is 3.46.